The fourth-order valence-electron chi connectivity index (χ4n) is 2.38. The highest BCUT2D eigenvalue weighted by Crippen LogP contribution is 2.07. The van der Waals surface area contributed by atoms with Crippen molar-refractivity contribution in [2.45, 2.75) is 54.4 Å². The number of benzene rings is 3. The smallest absolute Gasteiger partial charge is 0.126 e. The van der Waals surface area contributed by atoms with E-state index in [2.05, 4.69) is 35.5 Å². The van der Waals surface area contributed by atoms with Crippen LogP contribution in [0.2, 0.25) is 0 Å². The van der Waals surface area contributed by atoms with Crippen LogP contribution in [0.5, 0.6) is 0 Å². The lowest BCUT2D eigenvalue weighted by Crippen LogP contribution is -1.91. The third kappa shape index (κ3) is 18.0. The number of rotatable bonds is 3. The molecule has 0 aliphatic carbocycles. The second-order valence-electron chi connectivity index (χ2n) is 6.12. The van der Waals surface area contributed by atoms with Gasteiger partial charge in [-0.2, -0.15) is 0 Å². The molecular formula is C31H42FN. The second-order valence-corrected chi connectivity index (χ2v) is 6.12. The highest BCUT2D eigenvalue weighted by atomic mass is 19.1. The normalized spacial score (nSPS) is 8.48. The molecule has 1 N–H and O–H groups in total. The number of nitrogens with one attached hydrogen (secondary N) is 1. The van der Waals surface area contributed by atoms with Crippen LogP contribution in [0.25, 0.3) is 6.08 Å². The zero-order chi connectivity index (χ0) is 25.2. The Morgan fingerprint density at radius 1 is 0.788 bits per heavy atom. The van der Waals surface area contributed by atoms with Gasteiger partial charge in [0.15, 0.2) is 0 Å². The second kappa shape index (κ2) is 25.0. The van der Waals surface area contributed by atoms with Crippen molar-refractivity contribution in [2.75, 3.05) is 7.05 Å². The molecule has 3 aromatic carbocycles. The molecule has 0 bridgehead atoms. The third-order valence-electron chi connectivity index (χ3n) is 3.74. The number of allylic oxidation sites excluding steroid dienone is 1. The Bertz CT molecular complexity index is 875. The Morgan fingerprint density at radius 2 is 1.30 bits per heavy atom. The summed E-state index contributed by atoms with van der Waals surface area (Å²) in [6.45, 7) is 12.1. The summed E-state index contributed by atoms with van der Waals surface area (Å²) >= 11 is 0. The van der Waals surface area contributed by atoms with E-state index < -0.39 is 0 Å². The quantitative estimate of drug-likeness (QED) is 0.312. The molecule has 0 spiro atoms. The van der Waals surface area contributed by atoms with Gasteiger partial charge < -0.3 is 5.32 Å². The lowest BCUT2D eigenvalue weighted by Gasteiger charge is -1.97. The van der Waals surface area contributed by atoms with E-state index in [0.717, 1.165) is 24.0 Å². The van der Waals surface area contributed by atoms with Gasteiger partial charge in [0, 0.05) is 18.7 Å². The average molecular weight is 448 g/mol. The van der Waals surface area contributed by atoms with Gasteiger partial charge in [-0.05, 0) is 48.6 Å². The summed E-state index contributed by atoms with van der Waals surface area (Å²) in [6, 6.07) is 29.8. The first-order valence-corrected chi connectivity index (χ1v) is 11.8. The van der Waals surface area contributed by atoms with Gasteiger partial charge in [-0.15, -0.1) is 0 Å². The summed E-state index contributed by atoms with van der Waals surface area (Å²) in [6.07, 6.45) is 5.96. The number of hydrogen-bond acceptors (Lipinski definition) is 1. The van der Waals surface area contributed by atoms with Gasteiger partial charge >= 0.3 is 0 Å². The molecule has 0 unspecified atom stereocenters. The van der Waals surface area contributed by atoms with E-state index >= 15 is 0 Å². The minimum Gasteiger partial charge on any atom is -0.349 e. The number of hydrogen-bond donors (Lipinski definition) is 1. The van der Waals surface area contributed by atoms with Crippen molar-refractivity contribution < 1.29 is 4.39 Å². The summed E-state index contributed by atoms with van der Waals surface area (Å²) in [5.41, 5.74) is 3.13. The van der Waals surface area contributed by atoms with Gasteiger partial charge in [-0.3, -0.25) is 0 Å². The predicted molar refractivity (Wildman–Crippen MR) is 147 cm³/mol. The van der Waals surface area contributed by atoms with Crippen LogP contribution in [0.15, 0.2) is 91.0 Å². The molecule has 0 saturated carbocycles. The molecule has 0 fully saturated rings. The average Bonchev–Trinajstić information content (AvgIpc) is 2.89. The molecule has 0 aromatic heterocycles. The Balaban J connectivity index is 0. The zero-order valence-corrected chi connectivity index (χ0v) is 21.5. The van der Waals surface area contributed by atoms with E-state index in [1.807, 2.05) is 108 Å². The van der Waals surface area contributed by atoms with E-state index in [4.69, 9.17) is 0 Å². The van der Waals surface area contributed by atoms with Crippen molar-refractivity contribution in [3.63, 3.8) is 0 Å². The van der Waals surface area contributed by atoms with Gasteiger partial charge in [0.1, 0.15) is 5.82 Å². The minimum atomic E-state index is -0.0793. The third-order valence-corrected chi connectivity index (χ3v) is 3.74. The van der Waals surface area contributed by atoms with Crippen LogP contribution in [0.1, 0.15) is 64.7 Å². The first-order chi connectivity index (χ1) is 16.2. The Hall–Kier alpha value is -3.31. The van der Waals surface area contributed by atoms with Crippen LogP contribution in [0, 0.1) is 17.8 Å². The van der Waals surface area contributed by atoms with E-state index in [-0.39, 0.29) is 5.82 Å². The monoisotopic (exact) mass is 447 g/mol. The fraction of sp³-hybridized carbons (Fsp3) is 0.290. The van der Waals surface area contributed by atoms with E-state index in [9.17, 15) is 4.39 Å². The maximum Gasteiger partial charge on any atom is 0.126 e. The fourth-order valence-corrected chi connectivity index (χ4v) is 2.38. The zero-order valence-electron chi connectivity index (χ0n) is 21.5. The van der Waals surface area contributed by atoms with E-state index in [0.29, 0.717) is 0 Å². The Labute approximate surface area is 202 Å². The van der Waals surface area contributed by atoms with Crippen LogP contribution in [0.3, 0.4) is 0 Å². The van der Waals surface area contributed by atoms with Crippen molar-refractivity contribution in [1.82, 2.24) is 5.32 Å². The van der Waals surface area contributed by atoms with Crippen LogP contribution < -0.4 is 5.32 Å². The van der Waals surface area contributed by atoms with E-state index in [1.54, 1.807) is 13.1 Å². The molecule has 0 amide bonds. The molecule has 0 aliphatic rings. The van der Waals surface area contributed by atoms with Crippen molar-refractivity contribution in [2.24, 2.45) is 0 Å². The molecule has 0 atom stereocenters. The molecule has 0 aliphatic heterocycles. The number of aryl methyl sites for hydroxylation is 1. The van der Waals surface area contributed by atoms with Crippen molar-refractivity contribution in [3.05, 3.63) is 114 Å². The molecule has 3 rings (SSSR count). The first-order valence-electron chi connectivity index (χ1n) is 11.8. The number of halogens is 1. The van der Waals surface area contributed by atoms with Gasteiger partial charge in [-0.25, -0.2) is 4.39 Å². The predicted octanol–water partition coefficient (Wildman–Crippen LogP) is 8.77. The summed E-state index contributed by atoms with van der Waals surface area (Å²) < 4.78 is 12.8. The molecule has 2 heteroatoms. The lowest BCUT2D eigenvalue weighted by molar-refractivity contribution is 0.607. The van der Waals surface area contributed by atoms with Crippen molar-refractivity contribution in [3.8, 4) is 12.0 Å². The molecular weight excluding hydrogens is 405 g/mol. The van der Waals surface area contributed by atoms with Crippen LogP contribution in [0.4, 0.5) is 4.39 Å². The van der Waals surface area contributed by atoms with Crippen LogP contribution >= 0.6 is 0 Å². The summed E-state index contributed by atoms with van der Waals surface area (Å²) in [5, 5.41) is 2.76. The summed E-state index contributed by atoms with van der Waals surface area (Å²) in [4.78, 5) is 0. The highest BCUT2D eigenvalue weighted by Gasteiger charge is 1.96. The van der Waals surface area contributed by atoms with Gasteiger partial charge in [0.05, 0.1) is 0 Å². The van der Waals surface area contributed by atoms with E-state index in [1.165, 1.54) is 11.6 Å². The summed E-state index contributed by atoms with van der Waals surface area (Å²) in [7, 11) is 1.80. The first kappa shape index (κ1) is 31.9. The lowest BCUT2D eigenvalue weighted by atomic mass is 10.1. The molecule has 33 heavy (non-hydrogen) atoms. The van der Waals surface area contributed by atoms with Crippen LogP contribution in [-0.2, 0) is 6.42 Å². The maximum atomic E-state index is 12.8. The van der Waals surface area contributed by atoms with Crippen molar-refractivity contribution in [1.29, 1.82) is 0 Å². The molecule has 0 radical (unpaired) electrons. The van der Waals surface area contributed by atoms with Gasteiger partial charge in [0.2, 0.25) is 0 Å². The summed E-state index contributed by atoms with van der Waals surface area (Å²) in [5.74, 6) is 2.85. The standard InChI is InChI=1S/C9H11F.C9H9N.C9H10.2C2H6/c1-2-5-8-6-3-4-7-9(8)10;1-10-8-7-9-5-3-2-4-6-9;1-2-6-9-7-4-3-5-8-9;2*1-2/h3-4,6-7H,2,5H2,1H3;2-6,10H,1H3;2-8H,1H3;2*1-2H3/b;;6-2+;;. The topological polar surface area (TPSA) is 12.0 Å². The molecule has 0 saturated heterocycles. The van der Waals surface area contributed by atoms with Gasteiger partial charge in [0.25, 0.3) is 0 Å². The van der Waals surface area contributed by atoms with Gasteiger partial charge in [-0.1, -0.05) is 120 Å². The van der Waals surface area contributed by atoms with Crippen LogP contribution in [-0.4, -0.2) is 7.05 Å². The molecule has 3 aromatic rings. The maximum absolute atomic E-state index is 12.8. The molecule has 0 heterocycles. The highest BCUT2D eigenvalue weighted by molar-refractivity contribution is 5.48. The largest absolute Gasteiger partial charge is 0.349 e. The minimum absolute atomic E-state index is 0.0793. The molecule has 178 valence electrons. The Kier molecular flexibility index (Phi) is 24.1. The molecule has 1 nitrogen and oxygen atoms in total. The SMILES string of the molecule is C/C=C/c1ccccc1.CC.CC.CCCc1ccccc1F.CNC#Cc1ccccc1. The van der Waals surface area contributed by atoms with Crippen molar-refractivity contribution >= 4 is 6.08 Å². The Morgan fingerprint density at radius 3 is 1.79 bits per heavy atom.